The van der Waals surface area contributed by atoms with Gasteiger partial charge in [-0.25, -0.2) is 4.79 Å². The van der Waals surface area contributed by atoms with Crippen molar-refractivity contribution in [3.05, 3.63) is 11.3 Å². The van der Waals surface area contributed by atoms with E-state index < -0.39 is 17.7 Å². The van der Waals surface area contributed by atoms with Gasteiger partial charge >= 0.3 is 18.1 Å². The van der Waals surface area contributed by atoms with Crippen molar-refractivity contribution in [3.63, 3.8) is 0 Å². The summed E-state index contributed by atoms with van der Waals surface area (Å²) in [6, 6.07) is 2.31. The van der Waals surface area contributed by atoms with Gasteiger partial charge in [-0.2, -0.15) is 15.2 Å². The van der Waals surface area contributed by atoms with Gasteiger partial charge < -0.3 is 34.4 Å². The molecule has 0 spiro atoms. The Morgan fingerprint density at radius 1 is 1.17 bits per heavy atom. The van der Waals surface area contributed by atoms with Crippen molar-refractivity contribution in [1.29, 1.82) is 5.26 Å². The van der Waals surface area contributed by atoms with Gasteiger partial charge in [0.1, 0.15) is 18.0 Å². The molecule has 0 aliphatic carbocycles. The summed E-state index contributed by atoms with van der Waals surface area (Å²) in [5, 5.41) is 22.2. The monoisotopic (exact) mass is 587 g/mol. The van der Waals surface area contributed by atoms with E-state index in [0.29, 0.717) is 52.0 Å². The number of nitriles is 1. The second kappa shape index (κ2) is 14.8. The molecule has 0 bridgehead atoms. The Hall–Kier alpha value is -3.21. The summed E-state index contributed by atoms with van der Waals surface area (Å²) in [5.74, 6) is 0.545. The van der Waals surface area contributed by atoms with Gasteiger partial charge in [0.25, 0.3) is 0 Å². The molecule has 42 heavy (non-hydrogen) atoms. The minimum atomic E-state index is -0.999. The molecular weight excluding hydrogens is 542 g/mol. The van der Waals surface area contributed by atoms with E-state index in [1.807, 2.05) is 20.8 Å². The number of amides is 1. The Kier molecular flexibility index (Phi) is 11.2. The maximum absolute atomic E-state index is 11.8. The first-order chi connectivity index (χ1) is 20.1. The number of fused-ring (bicyclic) bond motifs is 1. The highest BCUT2D eigenvalue weighted by Crippen LogP contribution is 2.29. The lowest BCUT2D eigenvalue weighted by Crippen LogP contribution is -2.55. The number of rotatable bonds is 12. The first-order valence-corrected chi connectivity index (χ1v) is 15.0. The zero-order valence-electron chi connectivity index (χ0n) is 25.1. The molecule has 1 aromatic rings. The minimum Gasteiger partial charge on any atom is -0.465 e. The maximum Gasteiger partial charge on any atom is 0.407 e. The Balaban J connectivity index is 1.30. The Bertz CT molecular complexity index is 1120. The largest absolute Gasteiger partial charge is 0.465 e. The number of hydrogen-bond acceptors (Lipinski definition) is 11. The number of carbonyl (C=O) groups excluding carboxylic acids is 1. The van der Waals surface area contributed by atoms with E-state index in [2.05, 4.69) is 21.2 Å². The van der Waals surface area contributed by atoms with Crippen LogP contribution in [0, 0.1) is 11.3 Å². The van der Waals surface area contributed by atoms with Crippen LogP contribution < -0.4 is 15.0 Å². The highest BCUT2D eigenvalue weighted by atomic mass is 16.6. The van der Waals surface area contributed by atoms with Crippen LogP contribution in [0.2, 0.25) is 0 Å². The minimum absolute atomic E-state index is 0.132. The van der Waals surface area contributed by atoms with Gasteiger partial charge in [-0.05, 0) is 59.5 Å². The smallest absolute Gasteiger partial charge is 0.407 e. The fourth-order valence-corrected chi connectivity index (χ4v) is 5.79. The summed E-state index contributed by atoms with van der Waals surface area (Å²) in [6.45, 7) is 11.5. The van der Waals surface area contributed by atoms with Crippen molar-refractivity contribution in [2.24, 2.45) is 0 Å². The van der Waals surface area contributed by atoms with Gasteiger partial charge in [0, 0.05) is 50.9 Å². The van der Waals surface area contributed by atoms with E-state index >= 15 is 0 Å². The molecule has 4 rings (SSSR count). The molecule has 3 aliphatic rings. The number of anilines is 1. The van der Waals surface area contributed by atoms with Crippen LogP contribution in [-0.2, 0) is 27.2 Å². The average molecular weight is 588 g/mol. The molecule has 0 aromatic carbocycles. The summed E-state index contributed by atoms with van der Waals surface area (Å²) in [7, 11) is 0. The number of aromatic nitrogens is 2. The number of piperazine rings is 1. The SMILES string of the molecule is CC(C)(C)OC(=O)CCOCCCN1CCC[C@H]1COc1nc2c(c(N3CCN(C(=O)O)C(CC#N)C3)n1)CCNC2. The maximum atomic E-state index is 11.8. The lowest BCUT2D eigenvalue weighted by molar-refractivity contribution is -0.156. The molecule has 13 heteroatoms. The second-order valence-corrected chi connectivity index (χ2v) is 12.1. The number of nitrogens with one attached hydrogen (secondary N) is 1. The standard InChI is InChI=1S/C29H45N7O6/c1-29(2,3)42-25(37)9-17-40-16-5-13-34-12-4-6-22(34)20-41-27-32-24-18-31-11-8-23(24)26(33-27)35-14-15-36(28(38)39)21(19-35)7-10-30/h21-22,31H,4-9,11-20H2,1-3H3,(H,38,39)/t21?,22-/m0/s1. The van der Waals surface area contributed by atoms with Gasteiger partial charge in [0.05, 0.1) is 37.3 Å². The summed E-state index contributed by atoms with van der Waals surface area (Å²) in [6.07, 6.45) is 3.16. The Labute approximate surface area is 248 Å². The van der Waals surface area contributed by atoms with E-state index in [1.165, 1.54) is 4.90 Å². The predicted molar refractivity (Wildman–Crippen MR) is 154 cm³/mol. The highest BCUT2D eigenvalue weighted by Gasteiger charge is 2.33. The molecule has 1 unspecified atom stereocenters. The molecule has 0 saturated carbocycles. The van der Waals surface area contributed by atoms with Gasteiger partial charge in [-0.15, -0.1) is 0 Å². The average Bonchev–Trinajstić information content (AvgIpc) is 3.39. The number of ether oxygens (including phenoxy) is 3. The zero-order valence-corrected chi connectivity index (χ0v) is 25.1. The van der Waals surface area contributed by atoms with Crippen LogP contribution >= 0.6 is 0 Å². The predicted octanol–water partition coefficient (Wildman–Crippen LogP) is 2.19. The van der Waals surface area contributed by atoms with Crippen LogP contribution in [0.25, 0.3) is 0 Å². The van der Waals surface area contributed by atoms with E-state index in [4.69, 9.17) is 24.2 Å². The number of nitrogens with zero attached hydrogens (tertiary/aromatic N) is 6. The van der Waals surface area contributed by atoms with Crippen molar-refractivity contribution >= 4 is 17.9 Å². The van der Waals surface area contributed by atoms with Crippen LogP contribution in [0.5, 0.6) is 6.01 Å². The topological polar surface area (TPSA) is 153 Å². The highest BCUT2D eigenvalue weighted by molar-refractivity contribution is 5.70. The van der Waals surface area contributed by atoms with Crippen LogP contribution in [0.15, 0.2) is 0 Å². The molecule has 232 valence electrons. The molecular formula is C29H45N7O6. The van der Waals surface area contributed by atoms with Crippen molar-refractivity contribution in [1.82, 2.24) is 25.1 Å². The number of likely N-dealkylation sites (tertiary alicyclic amines) is 1. The van der Waals surface area contributed by atoms with Crippen LogP contribution in [0.4, 0.5) is 10.6 Å². The van der Waals surface area contributed by atoms with Gasteiger partial charge in [-0.1, -0.05) is 0 Å². The molecule has 2 atom stereocenters. The molecule has 2 saturated heterocycles. The first-order valence-electron chi connectivity index (χ1n) is 15.0. The van der Waals surface area contributed by atoms with E-state index in [1.54, 1.807) is 0 Å². The Morgan fingerprint density at radius 3 is 2.76 bits per heavy atom. The van der Waals surface area contributed by atoms with E-state index in [9.17, 15) is 20.0 Å². The lowest BCUT2D eigenvalue weighted by Gasteiger charge is -2.40. The third-order valence-corrected chi connectivity index (χ3v) is 7.76. The van der Waals surface area contributed by atoms with Gasteiger partial charge in [-0.3, -0.25) is 9.69 Å². The number of carboxylic acid groups (broad SMARTS) is 1. The van der Waals surface area contributed by atoms with Crippen LogP contribution in [-0.4, -0.2) is 114 Å². The fourth-order valence-electron chi connectivity index (χ4n) is 5.79. The van der Waals surface area contributed by atoms with E-state index in [0.717, 1.165) is 62.4 Å². The Morgan fingerprint density at radius 2 is 2.00 bits per heavy atom. The van der Waals surface area contributed by atoms with Gasteiger partial charge in [0.15, 0.2) is 0 Å². The number of esters is 1. The molecule has 3 aliphatic heterocycles. The number of carbonyl (C=O) groups is 2. The summed E-state index contributed by atoms with van der Waals surface area (Å²) in [4.78, 5) is 38.9. The van der Waals surface area contributed by atoms with E-state index in [-0.39, 0.29) is 24.9 Å². The second-order valence-electron chi connectivity index (χ2n) is 12.1. The van der Waals surface area contributed by atoms with Crippen molar-refractivity contribution in [3.8, 4) is 12.1 Å². The zero-order chi connectivity index (χ0) is 30.1. The number of hydrogen-bond donors (Lipinski definition) is 2. The van der Waals surface area contributed by atoms with Gasteiger partial charge in [0.2, 0.25) is 0 Å². The summed E-state index contributed by atoms with van der Waals surface area (Å²) in [5.41, 5.74) is 1.49. The van der Waals surface area contributed by atoms with Crippen LogP contribution in [0.3, 0.4) is 0 Å². The molecule has 2 N–H and O–H groups in total. The molecule has 2 fully saturated rings. The third-order valence-electron chi connectivity index (χ3n) is 7.76. The summed E-state index contributed by atoms with van der Waals surface area (Å²) >= 11 is 0. The molecule has 1 aromatic heterocycles. The first kappa shape index (κ1) is 31.7. The molecule has 4 heterocycles. The molecule has 13 nitrogen and oxygen atoms in total. The summed E-state index contributed by atoms with van der Waals surface area (Å²) < 4.78 is 17.2. The van der Waals surface area contributed by atoms with Crippen molar-refractivity contribution in [2.45, 2.75) is 83.5 Å². The quantitative estimate of drug-likeness (QED) is 0.272. The fraction of sp³-hybridized carbons (Fsp3) is 0.759. The van der Waals surface area contributed by atoms with Crippen LogP contribution in [0.1, 0.15) is 64.1 Å². The third kappa shape index (κ3) is 8.89. The van der Waals surface area contributed by atoms with Crippen molar-refractivity contribution < 1.29 is 28.9 Å². The molecule has 0 radical (unpaired) electrons. The van der Waals surface area contributed by atoms with Crippen molar-refractivity contribution in [2.75, 3.05) is 64.0 Å². The normalized spacial score (nSPS) is 21.1. The lowest BCUT2D eigenvalue weighted by atomic mass is 10.0. The molecule has 1 amide bonds.